The van der Waals surface area contributed by atoms with Crippen molar-refractivity contribution in [2.45, 2.75) is 26.3 Å². The lowest BCUT2D eigenvalue weighted by atomic mass is 9.90. The summed E-state index contributed by atoms with van der Waals surface area (Å²) in [5.74, 6) is -0.0840. The molecular formula is C13H15NO2. The zero-order valence-electron chi connectivity index (χ0n) is 9.49. The highest BCUT2D eigenvalue weighted by Gasteiger charge is 2.29. The van der Waals surface area contributed by atoms with Gasteiger partial charge in [-0.25, -0.2) is 0 Å². The van der Waals surface area contributed by atoms with E-state index in [4.69, 9.17) is 0 Å². The van der Waals surface area contributed by atoms with E-state index in [0.29, 0.717) is 12.0 Å². The molecule has 2 rings (SSSR count). The molecule has 84 valence electrons. The Morgan fingerprint density at radius 1 is 1.38 bits per heavy atom. The van der Waals surface area contributed by atoms with Crippen LogP contribution in [0.5, 0.6) is 0 Å². The summed E-state index contributed by atoms with van der Waals surface area (Å²) in [7, 11) is 0. The van der Waals surface area contributed by atoms with Crippen molar-refractivity contribution >= 4 is 11.7 Å². The summed E-state index contributed by atoms with van der Waals surface area (Å²) in [6, 6.07) is 7.08. The van der Waals surface area contributed by atoms with E-state index >= 15 is 0 Å². The van der Waals surface area contributed by atoms with E-state index in [-0.39, 0.29) is 23.7 Å². The first-order valence-corrected chi connectivity index (χ1v) is 5.52. The fourth-order valence-electron chi connectivity index (χ4n) is 2.00. The highest BCUT2D eigenvalue weighted by Crippen LogP contribution is 2.18. The lowest BCUT2D eigenvalue weighted by Gasteiger charge is -2.25. The first-order chi connectivity index (χ1) is 7.59. The second-order valence-electron chi connectivity index (χ2n) is 4.44. The maximum Gasteiger partial charge on any atom is 0.252 e. The molecule has 1 heterocycles. The lowest BCUT2D eigenvalue weighted by molar-refractivity contribution is -0.123. The normalized spacial score (nSPS) is 19.2. The molecule has 1 amide bonds. The van der Waals surface area contributed by atoms with Gasteiger partial charge in [0.1, 0.15) is 0 Å². The molecule has 1 aliphatic rings. The summed E-state index contributed by atoms with van der Waals surface area (Å²) in [6.45, 7) is 3.71. The topological polar surface area (TPSA) is 46.2 Å². The van der Waals surface area contributed by atoms with Gasteiger partial charge in [-0.15, -0.1) is 0 Å². The van der Waals surface area contributed by atoms with Crippen LogP contribution in [0.25, 0.3) is 0 Å². The summed E-state index contributed by atoms with van der Waals surface area (Å²) in [6.07, 6.45) is 0.610. The molecule has 0 aliphatic carbocycles. The van der Waals surface area contributed by atoms with Gasteiger partial charge in [-0.1, -0.05) is 32.0 Å². The Morgan fingerprint density at radius 2 is 2.06 bits per heavy atom. The van der Waals surface area contributed by atoms with Crippen LogP contribution in [0.1, 0.15) is 29.8 Å². The number of amides is 1. The zero-order chi connectivity index (χ0) is 11.7. The Balaban J connectivity index is 2.28. The van der Waals surface area contributed by atoms with E-state index in [2.05, 4.69) is 5.32 Å². The Kier molecular flexibility index (Phi) is 2.77. The standard InChI is InChI=1S/C13H15NO2/c1-8(2)12(15)11-7-9-5-3-4-6-10(9)13(16)14-11/h3-6,8,11H,7H2,1-2H3,(H,14,16). The van der Waals surface area contributed by atoms with Crippen LogP contribution in [-0.2, 0) is 11.2 Å². The van der Waals surface area contributed by atoms with Crippen molar-refractivity contribution in [3.63, 3.8) is 0 Å². The number of hydrogen-bond donors (Lipinski definition) is 1. The molecule has 0 radical (unpaired) electrons. The number of hydrogen-bond acceptors (Lipinski definition) is 2. The predicted octanol–water partition coefficient (Wildman–Crippen LogP) is 1.57. The van der Waals surface area contributed by atoms with Crippen LogP contribution in [0, 0.1) is 5.92 Å². The second-order valence-corrected chi connectivity index (χ2v) is 4.44. The highest BCUT2D eigenvalue weighted by atomic mass is 16.2. The highest BCUT2D eigenvalue weighted by molar-refractivity contribution is 6.01. The van der Waals surface area contributed by atoms with Gasteiger partial charge in [0, 0.05) is 17.9 Å². The molecule has 0 spiro atoms. The summed E-state index contributed by atoms with van der Waals surface area (Å²) in [4.78, 5) is 23.6. The van der Waals surface area contributed by atoms with E-state index in [1.54, 1.807) is 6.07 Å². The third kappa shape index (κ3) is 1.85. The van der Waals surface area contributed by atoms with Crippen LogP contribution in [-0.4, -0.2) is 17.7 Å². The molecule has 1 aromatic rings. The molecule has 0 fully saturated rings. The van der Waals surface area contributed by atoms with Gasteiger partial charge in [0.2, 0.25) is 0 Å². The molecule has 16 heavy (non-hydrogen) atoms. The van der Waals surface area contributed by atoms with Gasteiger partial charge in [0.15, 0.2) is 5.78 Å². The van der Waals surface area contributed by atoms with Crippen molar-refractivity contribution in [1.82, 2.24) is 5.32 Å². The minimum Gasteiger partial charge on any atom is -0.342 e. The quantitative estimate of drug-likeness (QED) is 0.817. The van der Waals surface area contributed by atoms with Crippen LogP contribution >= 0.6 is 0 Å². The van der Waals surface area contributed by atoms with E-state index in [0.717, 1.165) is 5.56 Å². The molecule has 3 nitrogen and oxygen atoms in total. The van der Waals surface area contributed by atoms with E-state index in [1.165, 1.54) is 0 Å². The van der Waals surface area contributed by atoms with Gasteiger partial charge in [-0.3, -0.25) is 9.59 Å². The fourth-order valence-corrected chi connectivity index (χ4v) is 2.00. The van der Waals surface area contributed by atoms with E-state index < -0.39 is 0 Å². The molecule has 0 bridgehead atoms. The van der Waals surface area contributed by atoms with Crippen molar-refractivity contribution < 1.29 is 9.59 Å². The third-order valence-electron chi connectivity index (χ3n) is 2.90. The number of carbonyl (C=O) groups excluding carboxylic acids is 2. The first kappa shape index (κ1) is 10.9. The van der Waals surface area contributed by atoms with Gasteiger partial charge in [-0.05, 0) is 11.6 Å². The van der Waals surface area contributed by atoms with E-state index in [9.17, 15) is 9.59 Å². The number of benzene rings is 1. The minimum atomic E-state index is -0.359. The van der Waals surface area contributed by atoms with Gasteiger partial charge in [0.25, 0.3) is 5.91 Å². The zero-order valence-corrected chi connectivity index (χ0v) is 9.49. The Morgan fingerprint density at radius 3 is 2.75 bits per heavy atom. The van der Waals surface area contributed by atoms with Crippen molar-refractivity contribution in [2.24, 2.45) is 5.92 Å². The summed E-state index contributed by atoms with van der Waals surface area (Å²) >= 11 is 0. The van der Waals surface area contributed by atoms with Crippen LogP contribution in [0.2, 0.25) is 0 Å². The van der Waals surface area contributed by atoms with Crippen LogP contribution in [0.15, 0.2) is 24.3 Å². The average molecular weight is 217 g/mol. The summed E-state index contributed by atoms with van der Waals surface area (Å²) in [5.41, 5.74) is 1.65. The lowest BCUT2D eigenvalue weighted by Crippen LogP contribution is -2.47. The third-order valence-corrected chi connectivity index (χ3v) is 2.90. The molecule has 0 aromatic heterocycles. The number of nitrogens with one attached hydrogen (secondary N) is 1. The Labute approximate surface area is 94.9 Å². The SMILES string of the molecule is CC(C)C(=O)C1Cc2ccccc2C(=O)N1. The monoisotopic (exact) mass is 217 g/mol. The first-order valence-electron chi connectivity index (χ1n) is 5.52. The van der Waals surface area contributed by atoms with Crippen molar-refractivity contribution in [3.8, 4) is 0 Å². The van der Waals surface area contributed by atoms with Crippen molar-refractivity contribution in [1.29, 1.82) is 0 Å². The Bertz CT molecular complexity index is 437. The van der Waals surface area contributed by atoms with Crippen molar-refractivity contribution in [3.05, 3.63) is 35.4 Å². The Hall–Kier alpha value is -1.64. The van der Waals surface area contributed by atoms with Gasteiger partial charge in [-0.2, -0.15) is 0 Å². The number of carbonyl (C=O) groups is 2. The van der Waals surface area contributed by atoms with E-state index in [1.807, 2.05) is 32.0 Å². The molecule has 1 aliphatic heterocycles. The number of Topliss-reactive ketones (excluding diaryl/α,β-unsaturated/α-hetero) is 1. The fraction of sp³-hybridized carbons (Fsp3) is 0.385. The molecule has 0 saturated heterocycles. The van der Waals surface area contributed by atoms with Crippen LogP contribution in [0.3, 0.4) is 0 Å². The largest absolute Gasteiger partial charge is 0.342 e. The molecular weight excluding hydrogens is 202 g/mol. The average Bonchev–Trinajstić information content (AvgIpc) is 2.28. The minimum absolute atomic E-state index is 0.0458. The molecule has 1 atom stereocenters. The van der Waals surface area contributed by atoms with Gasteiger partial charge < -0.3 is 5.32 Å². The maximum atomic E-state index is 11.8. The van der Waals surface area contributed by atoms with Crippen molar-refractivity contribution in [2.75, 3.05) is 0 Å². The molecule has 1 N–H and O–H groups in total. The maximum absolute atomic E-state index is 11.8. The second kappa shape index (κ2) is 4.08. The molecule has 1 unspecified atom stereocenters. The van der Waals surface area contributed by atoms with Crippen LogP contribution < -0.4 is 5.32 Å². The summed E-state index contributed by atoms with van der Waals surface area (Å²) < 4.78 is 0. The number of fused-ring (bicyclic) bond motifs is 1. The predicted molar refractivity (Wildman–Crippen MR) is 61.2 cm³/mol. The molecule has 1 aromatic carbocycles. The summed E-state index contributed by atoms with van der Waals surface area (Å²) in [5, 5.41) is 2.77. The van der Waals surface area contributed by atoms with Crippen LogP contribution in [0.4, 0.5) is 0 Å². The number of rotatable bonds is 2. The molecule has 0 saturated carbocycles. The van der Waals surface area contributed by atoms with Gasteiger partial charge >= 0.3 is 0 Å². The molecule has 3 heteroatoms. The van der Waals surface area contributed by atoms with Gasteiger partial charge in [0.05, 0.1) is 6.04 Å². The number of ketones is 1. The smallest absolute Gasteiger partial charge is 0.252 e.